The van der Waals surface area contributed by atoms with Crippen LogP contribution in [0.15, 0.2) is 30.3 Å². The zero-order chi connectivity index (χ0) is 11.4. The standard InChI is InChI=1S/C14H21NO/c1-12(15-2)14(8-10-16-11-9-14)13-6-4-3-5-7-13/h3-7,12,15H,8-11H2,1-2H3. The maximum Gasteiger partial charge on any atom is 0.0475 e. The van der Waals surface area contributed by atoms with E-state index < -0.39 is 0 Å². The Morgan fingerprint density at radius 3 is 2.38 bits per heavy atom. The van der Waals surface area contributed by atoms with Gasteiger partial charge in [-0.25, -0.2) is 0 Å². The Morgan fingerprint density at radius 2 is 1.81 bits per heavy atom. The van der Waals surface area contributed by atoms with Gasteiger partial charge < -0.3 is 10.1 Å². The number of benzene rings is 1. The molecule has 0 bridgehead atoms. The minimum Gasteiger partial charge on any atom is -0.381 e. The molecule has 16 heavy (non-hydrogen) atoms. The van der Waals surface area contributed by atoms with Crippen molar-refractivity contribution in [1.82, 2.24) is 5.32 Å². The second-order valence-corrected chi connectivity index (χ2v) is 4.64. The smallest absolute Gasteiger partial charge is 0.0475 e. The van der Waals surface area contributed by atoms with E-state index in [0.29, 0.717) is 6.04 Å². The van der Waals surface area contributed by atoms with E-state index in [1.54, 1.807) is 0 Å². The molecule has 0 radical (unpaired) electrons. The Hall–Kier alpha value is -0.860. The second-order valence-electron chi connectivity index (χ2n) is 4.64. The molecule has 2 nitrogen and oxygen atoms in total. The highest BCUT2D eigenvalue weighted by atomic mass is 16.5. The van der Waals surface area contributed by atoms with Crippen molar-refractivity contribution >= 4 is 0 Å². The number of hydrogen-bond donors (Lipinski definition) is 1. The molecule has 0 saturated carbocycles. The quantitative estimate of drug-likeness (QED) is 0.842. The van der Waals surface area contributed by atoms with Crippen molar-refractivity contribution < 1.29 is 4.74 Å². The first-order chi connectivity index (χ1) is 7.79. The van der Waals surface area contributed by atoms with Gasteiger partial charge in [-0.15, -0.1) is 0 Å². The fourth-order valence-electron chi connectivity index (χ4n) is 2.75. The minimum absolute atomic E-state index is 0.244. The van der Waals surface area contributed by atoms with E-state index in [2.05, 4.69) is 42.6 Å². The van der Waals surface area contributed by atoms with E-state index in [1.165, 1.54) is 5.56 Å². The lowest BCUT2D eigenvalue weighted by molar-refractivity contribution is 0.0381. The third-order valence-corrected chi connectivity index (χ3v) is 4.00. The molecule has 0 aliphatic carbocycles. The van der Waals surface area contributed by atoms with Crippen molar-refractivity contribution in [2.24, 2.45) is 0 Å². The molecule has 1 aromatic carbocycles. The molecule has 1 aliphatic heterocycles. The van der Waals surface area contributed by atoms with Crippen LogP contribution in [0, 0.1) is 0 Å². The average Bonchev–Trinajstić information content (AvgIpc) is 2.39. The van der Waals surface area contributed by atoms with Crippen LogP contribution in [0.5, 0.6) is 0 Å². The summed E-state index contributed by atoms with van der Waals surface area (Å²) in [4.78, 5) is 0. The highest BCUT2D eigenvalue weighted by Crippen LogP contribution is 2.37. The maximum absolute atomic E-state index is 5.51. The number of hydrogen-bond acceptors (Lipinski definition) is 2. The van der Waals surface area contributed by atoms with Gasteiger partial charge >= 0.3 is 0 Å². The minimum atomic E-state index is 0.244. The summed E-state index contributed by atoms with van der Waals surface area (Å²) in [5, 5.41) is 3.42. The topological polar surface area (TPSA) is 21.3 Å². The van der Waals surface area contributed by atoms with Gasteiger partial charge in [0, 0.05) is 24.7 Å². The summed E-state index contributed by atoms with van der Waals surface area (Å²) in [6, 6.07) is 11.3. The second kappa shape index (κ2) is 4.98. The third kappa shape index (κ3) is 2.00. The Labute approximate surface area is 98.0 Å². The third-order valence-electron chi connectivity index (χ3n) is 4.00. The molecule has 1 heterocycles. The fourth-order valence-corrected chi connectivity index (χ4v) is 2.75. The van der Waals surface area contributed by atoms with Gasteiger partial charge in [-0.2, -0.15) is 0 Å². The van der Waals surface area contributed by atoms with E-state index in [9.17, 15) is 0 Å². The number of likely N-dealkylation sites (N-methyl/N-ethyl adjacent to an activating group) is 1. The summed E-state index contributed by atoms with van der Waals surface area (Å²) in [5.74, 6) is 0. The Kier molecular flexibility index (Phi) is 3.62. The summed E-state index contributed by atoms with van der Waals surface area (Å²) < 4.78 is 5.51. The van der Waals surface area contributed by atoms with Crippen molar-refractivity contribution in [2.45, 2.75) is 31.2 Å². The maximum atomic E-state index is 5.51. The Morgan fingerprint density at radius 1 is 1.19 bits per heavy atom. The molecule has 0 aromatic heterocycles. The van der Waals surface area contributed by atoms with Crippen LogP contribution >= 0.6 is 0 Å². The normalized spacial score (nSPS) is 21.6. The highest BCUT2D eigenvalue weighted by molar-refractivity contribution is 5.28. The Bertz CT molecular complexity index is 317. The molecule has 1 atom stereocenters. The first-order valence-electron chi connectivity index (χ1n) is 6.10. The van der Waals surface area contributed by atoms with Gasteiger partial charge in [0.1, 0.15) is 0 Å². The summed E-state index contributed by atoms with van der Waals surface area (Å²) >= 11 is 0. The van der Waals surface area contributed by atoms with Crippen molar-refractivity contribution in [2.75, 3.05) is 20.3 Å². The first kappa shape index (κ1) is 11.6. The fraction of sp³-hybridized carbons (Fsp3) is 0.571. The molecule has 1 saturated heterocycles. The van der Waals surface area contributed by atoms with Crippen molar-refractivity contribution in [3.8, 4) is 0 Å². The average molecular weight is 219 g/mol. The zero-order valence-corrected chi connectivity index (χ0v) is 10.2. The van der Waals surface area contributed by atoms with Crippen LogP contribution in [0.1, 0.15) is 25.3 Å². The first-order valence-corrected chi connectivity index (χ1v) is 6.10. The van der Waals surface area contributed by atoms with Gasteiger partial charge in [0.05, 0.1) is 0 Å². The summed E-state index contributed by atoms with van der Waals surface area (Å²) in [6.07, 6.45) is 2.22. The molecule has 1 aliphatic rings. The molecule has 0 amide bonds. The van der Waals surface area contributed by atoms with Crippen LogP contribution in [-0.4, -0.2) is 26.3 Å². The van der Waals surface area contributed by atoms with Gasteiger partial charge in [-0.1, -0.05) is 30.3 Å². The van der Waals surface area contributed by atoms with E-state index in [1.807, 2.05) is 7.05 Å². The molecule has 1 fully saturated rings. The van der Waals surface area contributed by atoms with Crippen LogP contribution < -0.4 is 5.32 Å². The van der Waals surface area contributed by atoms with E-state index in [-0.39, 0.29) is 5.41 Å². The van der Waals surface area contributed by atoms with Gasteiger partial charge in [0.15, 0.2) is 0 Å². The molecule has 88 valence electrons. The van der Waals surface area contributed by atoms with Crippen molar-refractivity contribution in [1.29, 1.82) is 0 Å². The van der Waals surface area contributed by atoms with Crippen molar-refractivity contribution in [3.05, 3.63) is 35.9 Å². The molecule has 2 rings (SSSR count). The molecular weight excluding hydrogens is 198 g/mol. The van der Waals surface area contributed by atoms with Crippen LogP contribution in [-0.2, 0) is 10.2 Å². The lowest BCUT2D eigenvalue weighted by Gasteiger charge is -2.42. The summed E-state index contributed by atoms with van der Waals surface area (Å²) in [6.45, 7) is 4.03. The van der Waals surface area contributed by atoms with Crippen LogP contribution in [0.25, 0.3) is 0 Å². The van der Waals surface area contributed by atoms with Gasteiger partial charge in [-0.3, -0.25) is 0 Å². The number of rotatable bonds is 3. The van der Waals surface area contributed by atoms with E-state index in [4.69, 9.17) is 4.74 Å². The van der Waals surface area contributed by atoms with E-state index >= 15 is 0 Å². The molecular formula is C14H21NO. The molecule has 1 unspecified atom stereocenters. The van der Waals surface area contributed by atoms with Gasteiger partial charge in [-0.05, 0) is 32.4 Å². The Balaban J connectivity index is 2.34. The number of ether oxygens (including phenoxy) is 1. The van der Waals surface area contributed by atoms with Gasteiger partial charge in [0.2, 0.25) is 0 Å². The zero-order valence-electron chi connectivity index (χ0n) is 10.2. The SMILES string of the molecule is CNC(C)C1(c2ccccc2)CCOCC1. The molecule has 2 heteroatoms. The van der Waals surface area contributed by atoms with Crippen LogP contribution in [0.3, 0.4) is 0 Å². The summed E-state index contributed by atoms with van der Waals surface area (Å²) in [7, 11) is 2.05. The molecule has 0 spiro atoms. The molecule has 1 N–H and O–H groups in total. The lowest BCUT2D eigenvalue weighted by Crippen LogP contribution is -2.48. The number of nitrogens with one attached hydrogen (secondary N) is 1. The predicted molar refractivity (Wildman–Crippen MR) is 66.7 cm³/mol. The van der Waals surface area contributed by atoms with E-state index in [0.717, 1.165) is 26.1 Å². The molecule has 1 aromatic rings. The van der Waals surface area contributed by atoms with Crippen LogP contribution in [0.4, 0.5) is 0 Å². The lowest BCUT2D eigenvalue weighted by atomic mass is 9.69. The highest BCUT2D eigenvalue weighted by Gasteiger charge is 2.38. The van der Waals surface area contributed by atoms with Gasteiger partial charge in [0.25, 0.3) is 0 Å². The predicted octanol–water partition coefficient (Wildman–Crippen LogP) is 2.34. The summed E-state index contributed by atoms with van der Waals surface area (Å²) in [5.41, 5.74) is 1.69. The van der Waals surface area contributed by atoms with Crippen molar-refractivity contribution in [3.63, 3.8) is 0 Å². The van der Waals surface area contributed by atoms with Crippen LogP contribution in [0.2, 0.25) is 0 Å². The largest absolute Gasteiger partial charge is 0.381 e. The monoisotopic (exact) mass is 219 g/mol.